The summed E-state index contributed by atoms with van der Waals surface area (Å²) in [6, 6.07) is 0. The zero-order valence-corrected chi connectivity index (χ0v) is 13.4. The van der Waals surface area contributed by atoms with Crippen molar-refractivity contribution >= 4 is 6.09 Å². The fraction of sp³-hybridized carbons (Fsp3) is 0.938. The molecule has 20 heavy (non-hydrogen) atoms. The lowest BCUT2D eigenvalue weighted by Crippen LogP contribution is -2.57. The molecule has 2 rings (SSSR count). The second-order valence-electron chi connectivity index (χ2n) is 7.18. The predicted octanol–water partition coefficient (Wildman–Crippen LogP) is 2.93. The zero-order valence-electron chi connectivity index (χ0n) is 13.4. The maximum atomic E-state index is 10.9. The van der Waals surface area contributed by atoms with Gasteiger partial charge < -0.3 is 15.4 Å². The molecule has 3 unspecified atom stereocenters. The molecule has 2 saturated carbocycles. The average Bonchev–Trinajstić information content (AvgIpc) is 2.97. The van der Waals surface area contributed by atoms with E-state index in [4.69, 9.17) is 0 Å². The third kappa shape index (κ3) is 2.67. The SMILES string of the molecule is COC(=O)NCCCCNC1(C)C2CCC(C2)C1(C)C. The fourth-order valence-corrected chi connectivity index (χ4v) is 4.34. The largest absolute Gasteiger partial charge is 0.453 e. The van der Waals surface area contributed by atoms with Crippen molar-refractivity contribution in [2.75, 3.05) is 20.2 Å². The number of ether oxygens (including phenoxy) is 1. The number of unbranched alkanes of at least 4 members (excludes halogenated alkanes) is 1. The van der Waals surface area contributed by atoms with Crippen LogP contribution in [0.15, 0.2) is 0 Å². The molecule has 116 valence electrons. The smallest absolute Gasteiger partial charge is 0.406 e. The number of rotatable bonds is 6. The minimum absolute atomic E-state index is 0.283. The molecule has 0 aromatic heterocycles. The zero-order chi connectivity index (χ0) is 14.8. The Morgan fingerprint density at radius 3 is 2.40 bits per heavy atom. The molecule has 4 heteroatoms. The summed E-state index contributed by atoms with van der Waals surface area (Å²) < 4.78 is 4.55. The highest BCUT2D eigenvalue weighted by Gasteiger charge is 2.59. The molecule has 2 aliphatic carbocycles. The van der Waals surface area contributed by atoms with Gasteiger partial charge in [0.25, 0.3) is 0 Å². The molecule has 0 radical (unpaired) electrons. The quantitative estimate of drug-likeness (QED) is 0.736. The maximum Gasteiger partial charge on any atom is 0.406 e. The number of fused-ring (bicyclic) bond motifs is 2. The van der Waals surface area contributed by atoms with Gasteiger partial charge in [0.05, 0.1) is 7.11 Å². The Hall–Kier alpha value is -0.770. The normalized spacial score (nSPS) is 34.2. The lowest BCUT2D eigenvalue weighted by atomic mass is 9.64. The maximum absolute atomic E-state index is 10.9. The van der Waals surface area contributed by atoms with Gasteiger partial charge in [-0.25, -0.2) is 4.79 Å². The van der Waals surface area contributed by atoms with E-state index in [1.807, 2.05) is 0 Å². The number of hydrogen-bond donors (Lipinski definition) is 2. The lowest BCUT2D eigenvalue weighted by Gasteiger charge is -2.48. The molecular formula is C16H30N2O2. The molecule has 0 saturated heterocycles. The number of carbonyl (C=O) groups excluding carboxylic acids is 1. The van der Waals surface area contributed by atoms with Gasteiger partial charge in [-0.1, -0.05) is 13.8 Å². The second kappa shape index (κ2) is 5.92. The van der Waals surface area contributed by atoms with Crippen molar-refractivity contribution in [1.29, 1.82) is 0 Å². The van der Waals surface area contributed by atoms with Crippen molar-refractivity contribution in [2.45, 2.75) is 58.4 Å². The number of carbonyl (C=O) groups is 1. The number of methoxy groups -OCH3 is 1. The fourth-order valence-electron chi connectivity index (χ4n) is 4.34. The van der Waals surface area contributed by atoms with Gasteiger partial charge in [0.15, 0.2) is 0 Å². The number of nitrogens with one attached hydrogen (secondary N) is 2. The number of amides is 1. The molecule has 0 spiro atoms. The van der Waals surface area contributed by atoms with Crippen molar-refractivity contribution in [3.05, 3.63) is 0 Å². The second-order valence-corrected chi connectivity index (χ2v) is 7.18. The molecule has 2 aliphatic rings. The van der Waals surface area contributed by atoms with Gasteiger partial charge in [-0.3, -0.25) is 0 Å². The van der Waals surface area contributed by atoms with E-state index in [1.54, 1.807) is 0 Å². The highest BCUT2D eigenvalue weighted by Crippen LogP contribution is 2.61. The molecule has 1 amide bonds. The van der Waals surface area contributed by atoms with Crippen molar-refractivity contribution in [3.63, 3.8) is 0 Å². The van der Waals surface area contributed by atoms with E-state index in [0.29, 0.717) is 12.0 Å². The predicted molar refractivity (Wildman–Crippen MR) is 80.7 cm³/mol. The first-order valence-corrected chi connectivity index (χ1v) is 7.98. The molecule has 3 atom stereocenters. The van der Waals surface area contributed by atoms with Crippen LogP contribution < -0.4 is 10.6 Å². The Balaban J connectivity index is 1.70. The van der Waals surface area contributed by atoms with Crippen molar-refractivity contribution in [2.24, 2.45) is 17.3 Å². The summed E-state index contributed by atoms with van der Waals surface area (Å²) in [5, 5.41) is 6.56. The topological polar surface area (TPSA) is 50.4 Å². The van der Waals surface area contributed by atoms with Crippen LogP contribution in [-0.4, -0.2) is 31.8 Å². The van der Waals surface area contributed by atoms with Crippen molar-refractivity contribution in [3.8, 4) is 0 Å². The number of hydrogen-bond acceptors (Lipinski definition) is 3. The van der Waals surface area contributed by atoms with E-state index in [0.717, 1.165) is 31.2 Å². The molecule has 0 heterocycles. The molecule has 2 bridgehead atoms. The van der Waals surface area contributed by atoms with Crippen LogP contribution in [0.25, 0.3) is 0 Å². The summed E-state index contributed by atoms with van der Waals surface area (Å²) in [6.45, 7) is 9.02. The van der Waals surface area contributed by atoms with Crippen LogP contribution in [0.1, 0.15) is 52.9 Å². The minimum Gasteiger partial charge on any atom is -0.453 e. The third-order valence-electron chi connectivity index (χ3n) is 6.16. The summed E-state index contributed by atoms with van der Waals surface area (Å²) in [5.41, 5.74) is 0.686. The van der Waals surface area contributed by atoms with Crippen LogP contribution in [0.3, 0.4) is 0 Å². The van der Waals surface area contributed by atoms with Gasteiger partial charge in [-0.2, -0.15) is 0 Å². The third-order valence-corrected chi connectivity index (χ3v) is 6.16. The molecule has 0 aromatic rings. The lowest BCUT2D eigenvalue weighted by molar-refractivity contribution is 0.0659. The Morgan fingerprint density at radius 2 is 1.80 bits per heavy atom. The van der Waals surface area contributed by atoms with Gasteiger partial charge in [-0.05, 0) is 62.8 Å². The first-order chi connectivity index (χ1) is 9.41. The summed E-state index contributed by atoms with van der Waals surface area (Å²) in [7, 11) is 1.40. The van der Waals surface area contributed by atoms with Crippen LogP contribution in [0.5, 0.6) is 0 Å². The Labute approximate surface area is 123 Å². The van der Waals surface area contributed by atoms with Gasteiger partial charge in [0.2, 0.25) is 0 Å². The molecule has 2 fully saturated rings. The van der Waals surface area contributed by atoms with E-state index in [1.165, 1.54) is 26.4 Å². The van der Waals surface area contributed by atoms with Crippen LogP contribution >= 0.6 is 0 Å². The molecular weight excluding hydrogens is 252 g/mol. The summed E-state index contributed by atoms with van der Waals surface area (Å²) >= 11 is 0. The van der Waals surface area contributed by atoms with Crippen LogP contribution in [0.2, 0.25) is 0 Å². The first-order valence-electron chi connectivity index (χ1n) is 7.98. The summed E-state index contributed by atoms with van der Waals surface area (Å²) in [4.78, 5) is 10.9. The van der Waals surface area contributed by atoms with E-state index in [2.05, 4.69) is 36.1 Å². The van der Waals surface area contributed by atoms with Crippen molar-refractivity contribution in [1.82, 2.24) is 10.6 Å². The molecule has 0 aliphatic heterocycles. The van der Waals surface area contributed by atoms with Gasteiger partial charge in [-0.15, -0.1) is 0 Å². The van der Waals surface area contributed by atoms with Crippen LogP contribution in [-0.2, 0) is 4.74 Å². The van der Waals surface area contributed by atoms with E-state index in [9.17, 15) is 4.79 Å². The van der Waals surface area contributed by atoms with Gasteiger partial charge >= 0.3 is 6.09 Å². The van der Waals surface area contributed by atoms with Crippen LogP contribution in [0.4, 0.5) is 4.79 Å². The number of alkyl carbamates (subject to hydrolysis) is 1. The van der Waals surface area contributed by atoms with Crippen molar-refractivity contribution < 1.29 is 9.53 Å². The summed E-state index contributed by atoms with van der Waals surface area (Å²) in [6.07, 6.45) is 5.96. The van der Waals surface area contributed by atoms with Crippen LogP contribution in [0, 0.1) is 17.3 Å². The first kappa shape index (κ1) is 15.6. The van der Waals surface area contributed by atoms with E-state index < -0.39 is 0 Å². The Morgan fingerprint density at radius 1 is 1.15 bits per heavy atom. The highest BCUT2D eigenvalue weighted by atomic mass is 16.5. The summed E-state index contributed by atoms with van der Waals surface area (Å²) in [5.74, 6) is 1.74. The highest BCUT2D eigenvalue weighted by molar-refractivity contribution is 5.66. The average molecular weight is 282 g/mol. The van der Waals surface area contributed by atoms with E-state index >= 15 is 0 Å². The molecule has 2 N–H and O–H groups in total. The molecule has 0 aromatic carbocycles. The van der Waals surface area contributed by atoms with Gasteiger partial charge in [0, 0.05) is 12.1 Å². The van der Waals surface area contributed by atoms with E-state index in [-0.39, 0.29) is 11.6 Å². The Kier molecular flexibility index (Phi) is 4.62. The standard InChI is InChI=1S/C16H30N2O2/c1-15(2)12-7-8-13(11-12)16(15,3)18-10-6-5-9-17-14(19)20-4/h12-13,18H,5-11H2,1-4H3,(H,17,19). The van der Waals surface area contributed by atoms with Gasteiger partial charge in [0.1, 0.15) is 0 Å². The Bertz CT molecular complexity index is 356. The molecule has 4 nitrogen and oxygen atoms in total. The monoisotopic (exact) mass is 282 g/mol. The minimum atomic E-state index is -0.334.